The van der Waals surface area contributed by atoms with Gasteiger partial charge in [-0.2, -0.15) is 0 Å². The van der Waals surface area contributed by atoms with Crippen LogP contribution in [0, 0.1) is 0 Å². The second-order valence-electron chi connectivity index (χ2n) is 2.26. The van der Waals surface area contributed by atoms with Gasteiger partial charge in [0.05, 0.1) is 19.0 Å². The molecule has 0 saturated carbocycles. The lowest BCUT2D eigenvalue weighted by atomic mass is 10.4. The van der Waals surface area contributed by atoms with E-state index in [4.69, 9.17) is 5.11 Å². The standard InChI is InChI=1S/C6H14N2O/c1-6(4-9)7-5-8(2)3/h5-6,9H,4H2,1-3H3/t6-/m0/s1. The molecule has 0 unspecified atom stereocenters. The van der Waals surface area contributed by atoms with Crippen molar-refractivity contribution < 1.29 is 5.11 Å². The van der Waals surface area contributed by atoms with Crippen LogP contribution in [0.1, 0.15) is 6.92 Å². The first kappa shape index (κ1) is 8.43. The Balaban J connectivity index is 3.43. The second-order valence-corrected chi connectivity index (χ2v) is 2.26. The quantitative estimate of drug-likeness (QED) is 0.429. The molecule has 0 aliphatic heterocycles. The molecule has 3 heteroatoms. The number of nitrogens with zero attached hydrogens (tertiary/aromatic N) is 2. The molecule has 0 aliphatic rings. The number of hydrogen-bond donors (Lipinski definition) is 1. The molecule has 1 N–H and O–H groups in total. The minimum Gasteiger partial charge on any atom is -0.394 e. The van der Waals surface area contributed by atoms with Crippen molar-refractivity contribution in [3.8, 4) is 0 Å². The van der Waals surface area contributed by atoms with E-state index >= 15 is 0 Å². The van der Waals surface area contributed by atoms with Gasteiger partial charge in [0.1, 0.15) is 0 Å². The van der Waals surface area contributed by atoms with Gasteiger partial charge in [0.25, 0.3) is 0 Å². The van der Waals surface area contributed by atoms with Gasteiger partial charge >= 0.3 is 0 Å². The molecule has 0 heterocycles. The molecule has 0 rings (SSSR count). The highest BCUT2D eigenvalue weighted by Gasteiger charge is 1.91. The summed E-state index contributed by atoms with van der Waals surface area (Å²) < 4.78 is 0. The van der Waals surface area contributed by atoms with E-state index in [0.717, 1.165) is 0 Å². The molecule has 0 aliphatic carbocycles. The van der Waals surface area contributed by atoms with Crippen molar-refractivity contribution in [2.75, 3.05) is 20.7 Å². The predicted molar refractivity (Wildman–Crippen MR) is 38.7 cm³/mol. The minimum atomic E-state index is 0.0207. The van der Waals surface area contributed by atoms with E-state index in [-0.39, 0.29) is 12.6 Å². The highest BCUT2D eigenvalue weighted by atomic mass is 16.3. The van der Waals surface area contributed by atoms with Crippen LogP contribution in [0.5, 0.6) is 0 Å². The van der Waals surface area contributed by atoms with E-state index < -0.39 is 0 Å². The molecule has 0 aromatic carbocycles. The van der Waals surface area contributed by atoms with Crippen molar-refractivity contribution in [3.05, 3.63) is 0 Å². The SMILES string of the molecule is C[C@@H](CO)N=CN(C)C. The van der Waals surface area contributed by atoms with Crippen LogP contribution in [0.2, 0.25) is 0 Å². The fraction of sp³-hybridized carbons (Fsp3) is 0.833. The van der Waals surface area contributed by atoms with Gasteiger partial charge in [0.15, 0.2) is 0 Å². The molecule has 0 bridgehead atoms. The molecular weight excluding hydrogens is 116 g/mol. The molecule has 0 aromatic heterocycles. The van der Waals surface area contributed by atoms with Gasteiger partial charge in [-0.25, -0.2) is 0 Å². The van der Waals surface area contributed by atoms with Gasteiger partial charge in [0.2, 0.25) is 0 Å². The first-order valence-corrected chi connectivity index (χ1v) is 2.97. The zero-order valence-corrected chi connectivity index (χ0v) is 6.20. The number of rotatable bonds is 3. The van der Waals surface area contributed by atoms with Gasteiger partial charge in [0, 0.05) is 14.1 Å². The van der Waals surface area contributed by atoms with Gasteiger partial charge in [-0.05, 0) is 6.92 Å². The first-order valence-electron chi connectivity index (χ1n) is 2.97. The van der Waals surface area contributed by atoms with Crippen molar-refractivity contribution in [3.63, 3.8) is 0 Å². The van der Waals surface area contributed by atoms with Crippen LogP contribution < -0.4 is 0 Å². The van der Waals surface area contributed by atoms with E-state index in [0.29, 0.717) is 0 Å². The van der Waals surface area contributed by atoms with Crippen LogP contribution >= 0.6 is 0 Å². The van der Waals surface area contributed by atoms with Gasteiger partial charge in [-0.1, -0.05) is 0 Å². The number of aliphatic imine (C=N–C) groups is 1. The Bertz CT molecular complexity index is 91.1. The lowest BCUT2D eigenvalue weighted by molar-refractivity contribution is 0.274. The third-order valence-electron chi connectivity index (χ3n) is 0.816. The fourth-order valence-corrected chi connectivity index (χ4v) is 0.294. The zero-order valence-electron chi connectivity index (χ0n) is 6.20. The molecule has 3 nitrogen and oxygen atoms in total. The highest BCUT2D eigenvalue weighted by Crippen LogP contribution is 1.83. The Hall–Kier alpha value is -0.570. The van der Waals surface area contributed by atoms with E-state index in [2.05, 4.69) is 4.99 Å². The summed E-state index contributed by atoms with van der Waals surface area (Å²) in [5, 5.41) is 8.52. The summed E-state index contributed by atoms with van der Waals surface area (Å²) in [5.74, 6) is 0. The summed E-state index contributed by atoms with van der Waals surface area (Å²) in [4.78, 5) is 5.83. The largest absolute Gasteiger partial charge is 0.394 e. The van der Waals surface area contributed by atoms with E-state index in [1.54, 1.807) is 6.34 Å². The smallest absolute Gasteiger partial charge is 0.0848 e. The van der Waals surface area contributed by atoms with Crippen molar-refractivity contribution in [1.82, 2.24) is 4.90 Å². The topological polar surface area (TPSA) is 35.8 Å². The monoisotopic (exact) mass is 130 g/mol. The fourth-order valence-electron chi connectivity index (χ4n) is 0.294. The lowest BCUT2D eigenvalue weighted by Gasteiger charge is -2.04. The Morgan fingerprint density at radius 2 is 2.22 bits per heavy atom. The van der Waals surface area contributed by atoms with Crippen LogP contribution in [0.25, 0.3) is 0 Å². The molecule has 0 aromatic rings. The first-order chi connectivity index (χ1) is 4.16. The maximum atomic E-state index is 8.52. The molecule has 54 valence electrons. The molecule has 9 heavy (non-hydrogen) atoms. The number of aliphatic hydroxyl groups excluding tert-OH is 1. The summed E-state index contributed by atoms with van der Waals surface area (Å²) in [6.45, 7) is 1.98. The van der Waals surface area contributed by atoms with Crippen LogP contribution in [-0.2, 0) is 0 Å². The summed E-state index contributed by atoms with van der Waals surface area (Å²) in [7, 11) is 3.79. The summed E-state index contributed by atoms with van der Waals surface area (Å²) in [5.41, 5.74) is 0. The van der Waals surface area contributed by atoms with Gasteiger partial charge in [-0.3, -0.25) is 4.99 Å². The zero-order chi connectivity index (χ0) is 7.28. The summed E-state index contributed by atoms with van der Waals surface area (Å²) in [6.07, 6.45) is 1.70. The van der Waals surface area contributed by atoms with E-state index in [9.17, 15) is 0 Å². The molecular formula is C6H14N2O. The number of aliphatic hydroxyl groups is 1. The third-order valence-corrected chi connectivity index (χ3v) is 0.816. The maximum absolute atomic E-state index is 8.52. The Kier molecular flexibility index (Phi) is 4.05. The summed E-state index contributed by atoms with van der Waals surface area (Å²) >= 11 is 0. The lowest BCUT2D eigenvalue weighted by Crippen LogP contribution is -2.12. The molecule has 0 radical (unpaired) electrons. The van der Waals surface area contributed by atoms with Crippen molar-refractivity contribution in [1.29, 1.82) is 0 Å². The molecule has 0 fully saturated rings. The minimum absolute atomic E-state index is 0.0207. The summed E-state index contributed by atoms with van der Waals surface area (Å²) in [6, 6.07) is 0.0207. The van der Waals surface area contributed by atoms with Gasteiger partial charge < -0.3 is 10.0 Å². The predicted octanol–water partition coefficient (Wildman–Crippen LogP) is -0.0429. The molecule has 0 spiro atoms. The van der Waals surface area contributed by atoms with Gasteiger partial charge in [-0.15, -0.1) is 0 Å². The van der Waals surface area contributed by atoms with Crippen molar-refractivity contribution in [2.45, 2.75) is 13.0 Å². The van der Waals surface area contributed by atoms with Crippen LogP contribution in [0.15, 0.2) is 4.99 Å². The van der Waals surface area contributed by atoms with Crippen molar-refractivity contribution >= 4 is 6.34 Å². The van der Waals surface area contributed by atoms with Crippen LogP contribution in [0.4, 0.5) is 0 Å². The number of hydrogen-bond acceptors (Lipinski definition) is 2. The molecule has 0 saturated heterocycles. The Morgan fingerprint density at radius 3 is 2.56 bits per heavy atom. The molecule has 1 atom stereocenters. The van der Waals surface area contributed by atoms with Crippen molar-refractivity contribution in [2.24, 2.45) is 4.99 Å². The average Bonchev–Trinajstić information content (AvgIpc) is 1.83. The Morgan fingerprint density at radius 1 is 1.67 bits per heavy atom. The third kappa shape index (κ3) is 5.30. The van der Waals surface area contributed by atoms with Crippen LogP contribution in [-0.4, -0.2) is 43.1 Å². The highest BCUT2D eigenvalue weighted by molar-refractivity contribution is 5.53. The van der Waals surface area contributed by atoms with E-state index in [1.807, 2.05) is 25.9 Å². The normalized spacial score (nSPS) is 14.2. The maximum Gasteiger partial charge on any atom is 0.0848 e. The Labute approximate surface area is 56.0 Å². The average molecular weight is 130 g/mol. The molecule has 0 amide bonds. The second kappa shape index (κ2) is 4.32. The van der Waals surface area contributed by atoms with E-state index in [1.165, 1.54) is 0 Å². The van der Waals surface area contributed by atoms with Crippen LogP contribution in [0.3, 0.4) is 0 Å².